The van der Waals surface area contributed by atoms with Crippen LogP contribution >= 0.6 is 0 Å². The summed E-state index contributed by atoms with van der Waals surface area (Å²) in [6.45, 7) is 7.51. The van der Waals surface area contributed by atoms with E-state index in [0.717, 1.165) is 23.4 Å². The van der Waals surface area contributed by atoms with Crippen molar-refractivity contribution in [2.45, 2.75) is 39.5 Å². The van der Waals surface area contributed by atoms with Crippen molar-refractivity contribution >= 4 is 5.96 Å². The van der Waals surface area contributed by atoms with E-state index in [4.69, 9.17) is 9.47 Å². The summed E-state index contributed by atoms with van der Waals surface area (Å²) in [5.41, 5.74) is 1.81. The Bertz CT molecular complexity index is 748. The standard InChI is InChI=1S/C21H30N4O3/c1-5-22-21(24-13-16-10-11-23-20(12-16)27-4)25-14-19(26)17-6-8-18(9-7-17)28-15(2)3/h6-12,15,19,26H,5,13-14H2,1-4H3,(H2,22,24,25). The van der Waals surface area contributed by atoms with Crippen LogP contribution in [0, 0.1) is 0 Å². The average Bonchev–Trinajstić information content (AvgIpc) is 2.70. The van der Waals surface area contributed by atoms with E-state index >= 15 is 0 Å². The lowest BCUT2D eigenvalue weighted by atomic mass is 10.1. The smallest absolute Gasteiger partial charge is 0.213 e. The van der Waals surface area contributed by atoms with Crippen LogP contribution in [0.3, 0.4) is 0 Å². The van der Waals surface area contributed by atoms with Crippen LogP contribution in [0.1, 0.15) is 38.0 Å². The fraction of sp³-hybridized carbons (Fsp3) is 0.429. The van der Waals surface area contributed by atoms with Crippen LogP contribution in [-0.4, -0.2) is 42.4 Å². The number of aliphatic hydroxyl groups is 1. The molecule has 0 aliphatic rings. The number of benzene rings is 1. The lowest BCUT2D eigenvalue weighted by Gasteiger charge is -2.16. The Morgan fingerprint density at radius 3 is 2.57 bits per heavy atom. The molecule has 2 aromatic rings. The first kappa shape index (κ1) is 21.5. The third kappa shape index (κ3) is 7.08. The van der Waals surface area contributed by atoms with Gasteiger partial charge >= 0.3 is 0 Å². The molecule has 0 aliphatic carbocycles. The van der Waals surface area contributed by atoms with Crippen molar-refractivity contribution in [1.82, 2.24) is 15.6 Å². The Balaban J connectivity index is 1.93. The van der Waals surface area contributed by atoms with E-state index in [-0.39, 0.29) is 6.10 Å². The van der Waals surface area contributed by atoms with Crippen LogP contribution in [0.25, 0.3) is 0 Å². The lowest BCUT2D eigenvalue weighted by molar-refractivity contribution is 0.180. The van der Waals surface area contributed by atoms with Gasteiger partial charge in [-0.2, -0.15) is 0 Å². The molecule has 7 nitrogen and oxygen atoms in total. The molecule has 1 atom stereocenters. The minimum Gasteiger partial charge on any atom is -0.491 e. The fourth-order valence-electron chi connectivity index (χ4n) is 2.52. The number of nitrogens with one attached hydrogen (secondary N) is 2. The molecule has 152 valence electrons. The van der Waals surface area contributed by atoms with Crippen molar-refractivity contribution in [2.75, 3.05) is 20.2 Å². The second-order valence-corrected chi connectivity index (χ2v) is 6.53. The SMILES string of the molecule is CCNC(=NCc1ccnc(OC)c1)NCC(O)c1ccc(OC(C)C)cc1. The third-order valence-electron chi connectivity index (χ3n) is 3.87. The van der Waals surface area contributed by atoms with Gasteiger partial charge in [0, 0.05) is 25.4 Å². The summed E-state index contributed by atoms with van der Waals surface area (Å²) in [6.07, 6.45) is 1.16. The van der Waals surface area contributed by atoms with Crippen molar-refractivity contribution in [1.29, 1.82) is 0 Å². The number of aromatic nitrogens is 1. The highest BCUT2D eigenvalue weighted by Gasteiger charge is 2.09. The van der Waals surface area contributed by atoms with E-state index in [0.29, 0.717) is 24.9 Å². The van der Waals surface area contributed by atoms with E-state index in [2.05, 4.69) is 20.6 Å². The molecule has 0 radical (unpaired) electrons. The number of hydrogen-bond donors (Lipinski definition) is 3. The molecular formula is C21H30N4O3. The largest absolute Gasteiger partial charge is 0.491 e. The first-order valence-corrected chi connectivity index (χ1v) is 9.47. The van der Waals surface area contributed by atoms with Crippen LogP contribution in [0.15, 0.2) is 47.6 Å². The normalized spacial score (nSPS) is 12.6. The van der Waals surface area contributed by atoms with E-state index < -0.39 is 6.10 Å². The molecule has 1 unspecified atom stereocenters. The summed E-state index contributed by atoms with van der Waals surface area (Å²) in [5, 5.41) is 16.8. The summed E-state index contributed by atoms with van der Waals surface area (Å²) < 4.78 is 10.8. The van der Waals surface area contributed by atoms with Crippen molar-refractivity contribution < 1.29 is 14.6 Å². The molecule has 0 bridgehead atoms. The molecule has 3 N–H and O–H groups in total. The van der Waals surface area contributed by atoms with Gasteiger partial charge in [-0.3, -0.25) is 0 Å². The van der Waals surface area contributed by atoms with Crippen LogP contribution in [0.2, 0.25) is 0 Å². The molecule has 2 rings (SSSR count). The number of guanidine groups is 1. The molecule has 1 aromatic heterocycles. The zero-order chi connectivity index (χ0) is 20.4. The van der Waals surface area contributed by atoms with Gasteiger partial charge in [0.25, 0.3) is 0 Å². The fourth-order valence-corrected chi connectivity index (χ4v) is 2.52. The van der Waals surface area contributed by atoms with Crippen LogP contribution in [0.4, 0.5) is 0 Å². The number of aliphatic imine (C=N–C) groups is 1. The maximum Gasteiger partial charge on any atom is 0.213 e. The number of methoxy groups -OCH3 is 1. The molecule has 1 aromatic carbocycles. The summed E-state index contributed by atoms with van der Waals surface area (Å²) in [4.78, 5) is 8.64. The predicted molar refractivity (Wildman–Crippen MR) is 111 cm³/mol. The minimum absolute atomic E-state index is 0.122. The van der Waals surface area contributed by atoms with Gasteiger partial charge in [0.1, 0.15) is 5.75 Å². The molecule has 0 amide bonds. The molecule has 1 heterocycles. The molecule has 0 saturated heterocycles. The van der Waals surface area contributed by atoms with Crippen LogP contribution in [0.5, 0.6) is 11.6 Å². The number of nitrogens with zero attached hydrogens (tertiary/aromatic N) is 2. The number of rotatable bonds is 9. The molecule has 0 spiro atoms. The second-order valence-electron chi connectivity index (χ2n) is 6.53. The van der Waals surface area contributed by atoms with E-state index in [1.165, 1.54) is 0 Å². The highest BCUT2D eigenvalue weighted by Crippen LogP contribution is 2.18. The molecular weight excluding hydrogens is 356 g/mol. The maximum atomic E-state index is 10.5. The van der Waals surface area contributed by atoms with Crippen LogP contribution < -0.4 is 20.1 Å². The van der Waals surface area contributed by atoms with Gasteiger partial charge in [-0.05, 0) is 50.1 Å². The minimum atomic E-state index is -0.655. The summed E-state index contributed by atoms with van der Waals surface area (Å²) in [7, 11) is 1.59. The van der Waals surface area contributed by atoms with Gasteiger partial charge in [0.15, 0.2) is 5.96 Å². The highest BCUT2D eigenvalue weighted by molar-refractivity contribution is 5.79. The second kappa shape index (κ2) is 11.1. The first-order chi connectivity index (χ1) is 13.5. The highest BCUT2D eigenvalue weighted by atomic mass is 16.5. The summed E-state index contributed by atoms with van der Waals surface area (Å²) in [5.74, 6) is 1.99. The quantitative estimate of drug-likeness (QED) is 0.454. The van der Waals surface area contributed by atoms with Crippen LogP contribution in [-0.2, 0) is 6.54 Å². The molecule has 0 saturated carbocycles. The first-order valence-electron chi connectivity index (χ1n) is 9.47. The van der Waals surface area contributed by atoms with Gasteiger partial charge in [0.05, 0.1) is 25.9 Å². The third-order valence-corrected chi connectivity index (χ3v) is 3.87. The molecule has 0 aliphatic heterocycles. The summed E-state index contributed by atoms with van der Waals surface area (Å²) in [6, 6.07) is 11.2. The molecule has 28 heavy (non-hydrogen) atoms. The van der Waals surface area contributed by atoms with E-state index in [9.17, 15) is 5.11 Å². The Morgan fingerprint density at radius 1 is 1.18 bits per heavy atom. The van der Waals surface area contributed by atoms with Crippen molar-refractivity contribution in [2.24, 2.45) is 4.99 Å². The van der Waals surface area contributed by atoms with E-state index in [1.807, 2.05) is 57.2 Å². The molecule has 7 heteroatoms. The van der Waals surface area contributed by atoms with Gasteiger partial charge in [-0.25, -0.2) is 9.98 Å². The Kier molecular flexibility index (Phi) is 8.55. The number of ether oxygens (including phenoxy) is 2. The molecule has 0 fully saturated rings. The maximum absolute atomic E-state index is 10.5. The monoisotopic (exact) mass is 386 g/mol. The number of hydrogen-bond acceptors (Lipinski definition) is 5. The zero-order valence-corrected chi connectivity index (χ0v) is 17.0. The van der Waals surface area contributed by atoms with Crippen molar-refractivity contribution in [3.05, 3.63) is 53.7 Å². The predicted octanol–water partition coefficient (Wildman–Crippen LogP) is 2.67. The zero-order valence-electron chi connectivity index (χ0n) is 17.0. The average molecular weight is 386 g/mol. The summed E-state index contributed by atoms with van der Waals surface area (Å²) >= 11 is 0. The van der Waals surface area contributed by atoms with E-state index in [1.54, 1.807) is 13.3 Å². The van der Waals surface area contributed by atoms with Crippen molar-refractivity contribution in [3.63, 3.8) is 0 Å². The van der Waals surface area contributed by atoms with Gasteiger partial charge in [-0.1, -0.05) is 12.1 Å². The Morgan fingerprint density at radius 2 is 1.93 bits per heavy atom. The van der Waals surface area contributed by atoms with Gasteiger partial charge in [-0.15, -0.1) is 0 Å². The number of aliphatic hydroxyl groups excluding tert-OH is 1. The topological polar surface area (TPSA) is 88.0 Å². The number of pyridine rings is 1. The Hall–Kier alpha value is -2.80. The van der Waals surface area contributed by atoms with Gasteiger partial charge in [0.2, 0.25) is 5.88 Å². The lowest BCUT2D eigenvalue weighted by Crippen LogP contribution is -2.39. The van der Waals surface area contributed by atoms with Gasteiger partial charge < -0.3 is 25.2 Å². The Labute approximate surface area is 166 Å². The van der Waals surface area contributed by atoms with Crippen molar-refractivity contribution in [3.8, 4) is 11.6 Å².